The minimum atomic E-state index is -0.544. The van der Waals surface area contributed by atoms with Crippen LogP contribution < -0.4 is 16.0 Å². The van der Waals surface area contributed by atoms with Gasteiger partial charge in [-0.05, 0) is 96.1 Å². The molecule has 1 amide bonds. The lowest BCUT2D eigenvalue weighted by Gasteiger charge is -2.53. The predicted molar refractivity (Wildman–Crippen MR) is 194 cm³/mol. The Morgan fingerprint density at radius 2 is 1.88 bits per heavy atom. The van der Waals surface area contributed by atoms with Gasteiger partial charge in [0.1, 0.15) is 22.8 Å². The molecule has 1 aromatic carbocycles. The van der Waals surface area contributed by atoms with Crippen LogP contribution in [0, 0.1) is 11.3 Å². The summed E-state index contributed by atoms with van der Waals surface area (Å²) in [6.45, 7) is 10.3. The standard InChI is InChI=1S/C39H47N7O3/c1-37(2,3)49-36(47)44-39(16-6-17-39)27-10-12-28(13-11-27)46-34(30-9-5-20-41-33(30)40)43-32-15-14-31(42-35(32)46)26-7-4-8-29(23-26)45-24-38(25-45)18-21-48-22-19-38/h4,7-10,12-15,23,27H,5-6,11,16-22,24-25H2,1-3H3,(H2,40,41)(H,44,47). The monoisotopic (exact) mass is 661 g/mol. The molecule has 5 heterocycles. The number of pyridine rings is 1. The van der Waals surface area contributed by atoms with E-state index in [0.29, 0.717) is 17.8 Å². The lowest BCUT2D eigenvalue weighted by Crippen LogP contribution is -2.58. The molecule has 49 heavy (non-hydrogen) atoms. The zero-order valence-electron chi connectivity index (χ0n) is 28.9. The van der Waals surface area contributed by atoms with Crippen molar-refractivity contribution < 1.29 is 14.3 Å². The SMILES string of the molecule is CC(C)(C)OC(=O)NC1(C2C=CC(n3c(C4=CCCN=C4N)nc4ccc(-c5cccc(N6CC7(CCOCC7)C6)c5)nc43)=CC2)CCC1. The van der Waals surface area contributed by atoms with Gasteiger partial charge in [0.2, 0.25) is 0 Å². The molecule has 10 nitrogen and oxygen atoms in total. The van der Waals surface area contributed by atoms with Gasteiger partial charge in [0.05, 0.1) is 11.3 Å². The first-order valence-corrected chi connectivity index (χ1v) is 17.8. The molecule has 8 rings (SSSR count). The molecule has 3 fully saturated rings. The van der Waals surface area contributed by atoms with Crippen molar-refractivity contribution in [1.29, 1.82) is 0 Å². The zero-order chi connectivity index (χ0) is 33.8. The fourth-order valence-electron chi connectivity index (χ4n) is 8.10. The van der Waals surface area contributed by atoms with Gasteiger partial charge in [-0.1, -0.05) is 30.4 Å². The molecule has 1 spiro atoms. The molecule has 0 radical (unpaired) electrons. The van der Waals surface area contributed by atoms with Gasteiger partial charge in [0.25, 0.3) is 0 Å². The number of fused-ring (bicyclic) bond motifs is 1. The van der Waals surface area contributed by atoms with Crippen molar-refractivity contribution in [2.75, 3.05) is 37.7 Å². The number of nitrogens with one attached hydrogen (secondary N) is 1. The van der Waals surface area contributed by atoms with Gasteiger partial charge in [0, 0.05) is 66.7 Å². The van der Waals surface area contributed by atoms with E-state index in [9.17, 15) is 4.79 Å². The highest BCUT2D eigenvalue weighted by molar-refractivity contribution is 6.22. The van der Waals surface area contributed by atoms with E-state index >= 15 is 0 Å². The van der Waals surface area contributed by atoms with E-state index in [1.165, 1.54) is 5.69 Å². The van der Waals surface area contributed by atoms with Crippen LogP contribution in [0.25, 0.3) is 33.7 Å². The highest BCUT2D eigenvalue weighted by Gasteiger charge is 2.46. The third-order valence-corrected chi connectivity index (χ3v) is 10.9. The quantitative estimate of drug-likeness (QED) is 0.301. The maximum absolute atomic E-state index is 12.8. The Labute approximate surface area is 288 Å². The molecule has 1 unspecified atom stereocenters. The first-order chi connectivity index (χ1) is 23.6. The molecular weight excluding hydrogens is 614 g/mol. The molecule has 3 N–H and O–H groups in total. The van der Waals surface area contributed by atoms with Gasteiger partial charge in [-0.3, -0.25) is 9.56 Å². The van der Waals surface area contributed by atoms with Crippen LogP contribution in [-0.4, -0.2) is 70.5 Å². The van der Waals surface area contributed by atoms with E-state index in [1.54, 1.807) is 0 Å². The Bertz CT molecular complexity index is 1890. The summed E-state index contributed by atoms with van der Waals surface area (Å²) >= 11 is 0. The third-order valence-electron chi connectivity index (χ3n) is 10.9. The van der Waals surface area contributed by atoms with E-state index in [4.69, 9.17) is 25.2 Å². The van der Waals surface area contributed by atoms with Gasteiger partial charge in [-0.25, -0.2) is 14.8 Å². The number of alkyl carbamates (subject to hydrolysis) is 1. The zero-order valence-corrected chi connectivity index (χ0v) is 28.9. The number of nitrogens with zero attached hydrogens (tertiary/aromatic N) is 5. The summed E-state index contributed by atoms with van der Waals surface area (Å²) < 4.78 is 13.4. The Kier molecular flexibility index (Phi) is 7.89. The molecule has 1 saturated carbocycles. The largest absolute Gasteiger partial charge is 0.444 e. The van der Waals surface area contributed by atoms with Crippen molar-refractivity contribution in [3.63, 3.8) is 0 Å². The lowest BCUT2D eigenvalue weighted by atomic mass is 9.66. The number of allylic oxidation sites excluding steroid dienone is 3. The molecule has 1 atom stereocenters. The van der Waals surface area contributed by atoms with Crippen LogP contribution in [0.3, 0.4) is 0 Å². The average molecular weight is 662 g/mol. The van der Waals surface area contributed by atoms with Crippen LogP contribution in [0.15, 0.2) is 65.7 Å². The van der Waals surface area contributed by atoms with Crippen LogP contribution in [-0.2, 0) is 9.47 Å². The average Bonchev–Trinajstić information content (AvgIpc) is 3.44. The number of aliphatic imine (C=N–C) groups is 1. The minimum Gasteiger partial charge on any atom is -0.444 e. The summed E-state index contributed by atoms with van der Waals surface area (Å²) in [5, 5.41) is 3.24. The maximum Gasteiger partial charge on any atom is 0.408 e. The second-order valence-corrected chi connectivity index (χ2v) is 15.5. The van der Waals surface area contributed by atoms with Gasteiger partial charge in [0.15, 0.2) is 5.65 Å². The Morgan fingerprint density at radius 3 is 2.57 bits per heavy atom. The highest BCUT2D eigenvalue weighted by Crippen LogP contribution is 2.44. The van der Waals surface area contributed by atoms with Gasteiger partial charge >= 0.3 is 6.09 Å². The molecule has 2 aromatic heterocycles. The number of anilines is 1. The molecule has 10 heteroatoms. The van der Waals surface area contributed by atoms with Crippen LogP contribution in [0.5, 0.6) is 0 Å². The number of dihydropyridines is 1. The fourth-order valence-corrected chi connectivity index (χ4v) is 8.10. The summed E-state index contributed by atoms with van der Waals surface area (Å²) in [6.07, 6.45) is 15.2. The number of benzene rings is 1. The number of rotatable bonds is 6. The van der Waals surface area contributed by atoms with E-state index in [1.807, 2.05) is 20.8 Å². The van der Waals surface area contributed by atoms with E-state index in [0.717, 1.165) is 111 Å². The fraction of sp³-hybridized carbons (Fsp3) is 0.487. The lowest BCUT2D eigenvalue weighted by molar-refractivity contribution is -0.000195. The molecule has 2 saturated heterocycles. The second kappa shape index (κ2) is 12.2. The number of imidazole rings is 1. The first kappa shape index (κ1) is 31.8. The smallest absolute Gasteiger partial charge is 0.408 e. The van der Waals surface area contributed by atoms with E-state index in [-0.39, 0.29) is 17.6 Å². The topological polar surface area (TPSA) is 120 Å². The summed E-state index contributed by atoms with van der Waals surface area (Å²) in [5.74, 6) is 1.40. The predicted octanol–water partition coefficient (Wildman–Crippen LogP) is 6.72. The number of aromatic nitrogens is 3. The number of ether oxygens (including phenoxy) is 2. The van der Waals surface area contributed by atoms with Crippen molar-refractivity contribution in [2.45, 2.75) is 76.9 Å². The summed E-state index contributed by atoms with van der Waals surface area (Å²) in [4.78, 5) is 30.2. The normalized spacial score (nSPS) is 22.9. The van der Waals surface area contributed by atoms with Crippen LogP contribution >= 0.6 is 0 Å². The summed E-state index contributed by atoms with van der Waals surface area (Å²) in [5.41, 5.74) is 12.6. The third kappa shape index (κ3) is 6.05. The van der Waals surface area contributed by atoms with Crippen LogP contribution in [0.1, 0.15) is 71.5 Å². The number of nitrogens with two attached hydrogens (primary N) is 1. The van der Waals surface area contributed by atoms with Crippen molar-refractivity contribution in [3.8, 4) is 11.3 Å². The van der Waals surface area contributed by atoms with Gasteiger partial charge in [-0.2, -0.15) is 0 Å². The Balaban J connectivity index is 1.11. The molecule has 5 aliphatic rings. The molecule has 2 aliphatic carbocycles. The van der Waals surface area contributed by atoms with Crippen molar-refractivity contribution >= 4 is 40.1 Å². The highest BCUT2D eigenvalue weighted by atomic mass is 16.6. The summed E-state index contributed by atoms with van der Waals surface area (Å²) in [6, 6.07) is 12.9. The molecular formula is C39H47N7O3. The molecule has 0 bridgehead atoms. The van der Waals surface area contributed by atoms with Gasteiger partial charge < -0.3 is 25.4 Å². The van der Waals surface area contributed by atoms with Gasteiger partial charge in [-0.15, -0.1) is 0 Å². The van der Waals surface area contributed by atoms with Crippen molar-refractivity contribution in [3.05, 3.63) is 66.5 Å². The van der Waals surface area contributed by atoms with Crippen molar-refractivity contribution in [2.24, 2.45) is 22.1 Å². The Hall–Kier alpha value is -4.44. The van der Waals surface area contributed by atoms with E-state index in [2.05, 4.69) is 80.5 Å². The number of amides is 1. The number of carbonyl (C=O) groups is 1. The number of carbonyl (C=O) groups excluding carboxylic acids is 1. The van der Waals surface area contributed by atoms with Crippen LogP contribution in [0.2, 0.25) is 0 Å². The van der Waals surface area contributed by atoms with Crippen LogP contribution in [0.4, 0.5) is 10.5 Å². The molecule has 3 aromatic rings. The number of hydrogen-bond donors (Lipinski definition) is 2. The molecule has 3 aliphatic heterocycles. The summed E-state index contributed by atoms with van der Waals surface area (Å²) in [7, 11) is 0. The van der Waals surface area contributed by atoms with E-state index < -0.39 is 5.60 Å². The Morgan fingerprint density at radius 1 is 1.06 bits per heavy atom. The second-order valence-electron chi connectivity index (χ2n) is 15.5. The minimum absolute atomic E-state index is 0.157. The van der Waals surface area contributed by atoms with Crippen molar-refractivity contribution in [1.82, 2.24) is 19.9 Å². The molecule has 256 valence electrons. The maximum atomic E-state index is 12.8. The number of amidine groups is 1. The number of hydrogen-bond acceptors (Lipinski definition) is 8. The first-order valence-electron chi connectivity index (χ1n) is 17.8.